The number of phenolic OH excluding ortho intramolecular Hbond substituents is 3. The zero-order valence-electron chi connectivity index (χ0n) is 72.3. The standard InChI is InChI=1S/C32H38N5O7P.C32H37N5O4.C31H35N5O5/c1-3-4-8-27-35-30-31(37(27)20-23-10-12-26(21(2)18-23)44-45(40,41)42)24-19-22(9-11-25(24)34-32(30)33)7-5-16-43-17-6-15-36-28(38)13-14-29(36)39;1-3-4-8-27-35-30-31(37(27)20-23-10-12-26(38)21(2)18-23)24-19-22(9-11-25(24)34-32(30)33)7-5-16-41-17-6-15-36-28(39)13-14-29(36)40;1-2-3-10-25-34-28-29(36(25)19-21-8-4-9-24(37)30(21)40)22-18-20(11-12-23(22)33-31(28)32)7-5-16-41-17-6-15-35-26(38)13-14-27(35)39/h9-14,18-19H,3-8,15-17,20H2,1-2H3,(H2,33,34)(H2,40,41,42);9-14,18-19,38H,3-8,15-17,20H2,1-2H3,(H2,33,34);4,8-9,11-14,18,37,40H,2-3,5-7,10,15-17,19H2,1H3,(H2,32,33). The summed E-state index contributed by atoms with van der Waals surface area (Å²) in [5.74, 6) is 2.42. The molecule has 0 atom stereocenters. The number of nitrogens with zero attached hydrogens (tertiary/aromatic N) is 12. The zero-order chi connectivity index (χ0) is 90.0. The van der Waals surface area contributed by atoms with Gasteiger partial charge in [-0.3, -0.25) is 53.3 Å². The normalized spacial score (nSPS) is 13.4. The van der Waals surface area contributed by atoms with Gasteiger partial charge in [-0.2, -0.15) is 0 Å². The number of imidazole rings is 3. The summed E-state index contributed by atoms with van der Waals surface area (Å²) in [5, 5.41) is 33.5. The van der Waals surface area contributed by atoms with Crippen LogP contribution in [0.5, 0.6) is 23.0 Å². The Morgan fingerprint density at radius 3 is 1.06 bits per heavy atom. The summed E-state index contributed by atoms with van der Waals surface area (Å²) in [5.41, 5.74) is 33.8. The minimum atomic E-state index is -4.67. The Kier molecular flexibility index (Phi) is 30.7. The molecule has 6 amide bonds. The minimum Gasteiger partial charge on any atom is -0.508 e. The van der Waals surface area contributed by atoms with Crippen LogP contribution < -0.4 is 21.7 Å². The maximum Gasteiger partial charge on any atom is 0.524 e. The molecular formula is C95H110N15O16P. The van der Waals surface area contributed by atoms with E-state index in [-0.39, 0.29) is 58.4 Å². The number of carbonyl (C=O) groups excluding carboxylic acids is 6. The van der Waals surface area contributed by atoms with Crippen molar-refractivity contribution in [3.8, 4) is 23.0 Å². The highest BCUT2D eigenvalue weighted by molar-refractivity contribution is 7.46. The van der Waals surface area contributed by atoms with E-state index in [1.54, 1.807) is 37.3 Å². The Morgan fingerprint density at radius 2 is 0.709 bits per heavy atom. The van der Waals surface area contributed by atoms with E-state index in [2.05, 4.69) is 73.7 Å². The first-order chi connectivity index (χ1) is 61.3. The lowest BCUT2D eigenvalue weighted by Gasteiger charge is -2.14. The number of phosphoric acid groups is 1. The first-order valence-corrected chi connectivity index (χ1v) is 45.0. The van der Waals surface area contributed by atoms with Crippen LogP contribution in [0.15, 0.2) is 146 Å². The van der Waals surface area contributed by atoms with Gasteiger partial charge in [0.2, 0.25) is 0 Å². The van der Waals surface area contributed by atoms with E-state index in [9.17, 15) is 58.4 Å². The monoisotopic (exact) mass is 1750 g/mol. The van der Waals surface area contributed by atoms with E-state index in [0.717, 1.165) is 196 Å². The fourth-order valence-corrected chi connectivity index (χ4v) is 16.5. The van der Waals surface area contributed by atoms with Crippen LogP contribution in [-0.4, -0.2) is 178 Å². The molecule has 15 rings (SSSR count). The number of anilines is 3. The van der Waals surface area contributed by atoms with Crippen molar-refractivity contribution in [2.24, 2.45) is 0 Å². The molecule has 6 aromatic heterocycles. The number of amides is 6. The van der Waals surface area contributed by atoms with Crippen LogP contribution in [0.1, 0.15) is 160 Å². The summed E-state index contributed by atoms with van der Waals surface area (Å²) < 4.78 is 40.0. The molecule has 31 nitrogen and oxygen atoms in total. The van der Waals surface area contributed by atoms with Crippen molar-refractivity contribution < 1.29 is 77.2 Å². The van der Waals surface area contributed by atoms with Crippen molar-refractivity contribution in [3.05, 3.63) is 208 Å². The Bertz CT molecular complexity index is 6190. The number of rotatable bonds is 41. The predicted molar refractivity (Wildman–Crippen MR) is 487 cm³/mol. The molecule has 0 aliphatic carbocycles. The van der Waals surface area contributed by atoms with Crippen LogP contribution in [0.25, 0.3) is 65.8 Å². The number of nitrogens with two attached hydrogens (primary N) is 3. The second-order valence-corrected chi connectivity index (χ2v) is 33.2. The molecule has 3 aliphatic heterocycles. The average molecular weight is 1750 g/mol. The zero-order valence-corrected chi connectivity index (χ0v) is 73.2. The third kappa shape index (κ3) is 22.7. The van der Waals surface area contributed by atoms with Gasteiger partial charge in [-0.25, -0.2) is 34.5 Å². The van der Waals surface area contributed by atoms with Crippen LogP contribution in [0.2, 0.25) is 0 Å². The summed E-state index contributed by atoms with van der Waals surface area (Å²) in [7, 11) is -4.67. The number of para-hydroxylation sites is 1. The van der Waals surface area contributed by atoms with E-state index in [0.29, 0.717) is 138 Å². The average Bonchev–Trinajstić information content (AvgIpc) is 1.61. The summed E-state index contributed by atoms with van der Waals surface area (Å²) in [6.07, 6.45) is 22.8. The van der Waals surface area contributed by atoms with E-state index < -0.39 is 7.82 Å². The lowest BCUT2D eigenvalue weighted by atomic mass is 10.1. The first-order valence-electron chi connectivity index (χ1n) is 43.4. The molecule has 12 aromatic rings. The molecule has 9 heterocycles. The Balaban J connectivity index is 0.000000163. The van der Waals surface area contributed by atoms with Gasteiger partial charge >= 0.3 is 7.82 Å². The smallest absolute Gasteiger partial charge is 0.508 e. The number of unbranched alkanes of at least 4 members (excludes halogenated alkanes) is 3. The molecule has 0 saturated carbocycles. The van der Waals surface area contributed by atoms with Gasteiger partial charge in [-0.05, 0) is 184 Å². The fraction of sp³-hybridized carbons (Fsp3) is 0.368. The number of phosphoric ester groups is 1. The van der Waals surface area contributed by atoms with Crippen molar-refractivity contribution in [2.75, 3.05) is 76.5 Å². The molecule has 127 heavy (non-hydrogen) atoms. The quantitative estimate of drug-likeness (QED) is 0.00763. The second kappa shape index (κ2) is 42.5. The number of carbonyl (C=O) groups is 6. The van der Waals surface area contributed by atoms with E-state index >= 15 is 0 Å². The van der Waals surface area contributed by atoms with Gasteiger partial charge in [0.1, 0.15) is 45.5 Å². The highest BCUT2D eigenvalue weighted by Gasteiger charge is 2.28. The molecular weight excluding hydrogens is 1640 g/mol. The van der Waals surface area contributed by atoms with Crippen LogP contribution >= 0.6 is 7.82 Å². The number of aryl methyl sites for hydroxylation is 8. The van der Waals surface area contributed by atoms with Gasteiger partial charge in [0.25, 0.3) is 35.4 Å². The van der Waals surface area contributed by atoms with Gasteiger partial charge in [0.15, 0.2) is 29.0 Å². The highest BCUT2D eigenvalue weighted by Crippen LogP contribution is 2.41. The number of aromatic hydroxyl groups is 3. The van der Waals surface area contributed by atoms with Crippen molar-refractivity contribution in [2.45, 2.75) is 170 Å². The molecule has 0 bridgehead atoms. The van der Waals surface area contributed by atoms with Crippen molar-refractivity contribution in [3.63, 3.8) is 0 Å². The lowest BCUT2D eigenvalue weighted by molar-refractivity contribution is -0.138. The second-order valence-electron chi connectivity index (χ2n) is 32.1. The van der Waals surface area contributed by atoms with Crippen molar-refractivity contribution in [1.82, 2.24) is 58.3 Å². The summed E-state index contributed by atoms with van der Waals surface area (Å²) >= 11 is 0. The van der Waals surface area contributed by atoms with Crippen LogP contribution in [0, 0.1) is 13.8 Å². The number of benzene rings is 6. The van der Waals surface area contributed by atoms with Crippen LogP contribution in [0.3, 0.4) is 0 Å². The molecule has 6 aromatic carbocycles. The van der Waals surface area contributed by atoms with E-state index in [1.807, 2.05) is 55.5 Å². The Labute approximate surface area is 735 Å². The Hall–Kier alpha value is -12.8. The number of ether oxygens (including phenoxy) is 3. The maximum atomic E-state index is 11.7. The molecule has 666 valence electrons. The number of imide groups is 3. The molecule has 0 spiro atoms. The van der Waals surface area contributed by atoms with Crippen molar-refractivity contribution in [1.29, 1.82) is 0 Å². The molecule has 11 N–H and O–H groups in total. The van der Waals surface area contributed by atoms with Gasteiger partial charge < -0.3 is 65.0 Å². The van der Waals surface area contributed by atoms with E-state index in [1.165, 1.54) is 62.8 Å². The third-order valence-electron chi connectivity index (χ3n) is 22.6. The van der Waals surface area contributed by atoms with Gasteiger partial charge in [-0.15, -0.1) is 0 Å². The largest absolute Gasteiger partial charge is 0.524 e. The van der Waals surface area contributed by atoms with Gasteiger partial charge in [0.05, 0.1) is 39.6 Å². The number of aromatic nitrogens is 9. The van der Waals surface area contributed by atoms with Crippen LogP contribution in [-0.2, 0) is 106 Å². The molecule has 0 saturated heterocycles. The van der Waals surface area contributed by atoms with Crippen LogP contribution in [0.4, 0.5) is 17.5 Å². The maximum absolute atomic E-state index is 11.7. The number of fused-ring (bicyclic) bond motifs is 9. The SMILES string of the molecule is CCCCc1nc2c(N)nc3ccc(CCCOCCCN4C(=O)C=CC4=O)cc3c2n1Cc1ccc(O)c(C)c1.CCCCc1nc2c(N)nc3ccc(CCCOCCCN4C(=O)C=CC4=O)cc3c2n1Cc1ccc(OP(=O)(O)O)c(C)c1.CCCCc1nc2c(N)nc3ccc(CCCOCCCN4C(=O)C=CC4=O)cc3c2n1Cc1cccc(O)c1O. The predicted octanol–water partition coefficient (Wildman–Crippen LogP) is 13.7. The lowest BCUT2D eigenvalue weighted by Crippen LogP contribution is -2.31. The minimum absolute atomic E-state index is 0.135. The Morgan fingerprint density at radius 1 is 0.370 bits per heavy atom. The third-order valence-corrected chi connectivity index (χ3v) is 23.0. The number of pyridine rings is 3. The number of hydrogen-bond acceptors (Lipinski definition) is 23. The number of hydrogen-bond donors (Lipinski definition) is 8. The fourth-order valence-electron chi connectivity index (χ4n) is 16.0. The highest BCUT2D eigenvalue weighted by atomic mass is 31.2. The number of nitrogen functional groups attached to an aromatic ring is 3. The molecule has 0 radical (unpaired) electrons. The summed E-state index contributed by atoms with van der Waals surface area (Å²) in [6.45, 7) is 15.7. The molecule has 32 heteroatoms. The van der Waals surface area contributed by atoms with Crippen molar-refractivity contribution >= 4 is 127 Å². The summed E-state index contributed by atoms with van der Waals surface area (Å²) in [4.78, 5) is 121. The topological polar surface area (TPSA) is 437 Å². The molecule has 0 unspecified atom stereocenters. The first kappa shape index (κ1) is 91.9. The van der Waals surface area contributed by atoms with E-state index in [4.69, 9.17) is 50.9 Å². The van der Waals surface area contributed by atoms with Gasteiger partial charge in [0, 0.05) is 150 Å². The summed E-state index contributed by atoms with van der Waals surface area (Å²) in [6, 6.07) is 34.5. The molecule has 0 fully saturated rings. The number of phenols is 3. The van der Waals surface area contributed by atoms with Gasteiger partial charge in [-0.1, -0.05) is 94.6 Å². The molecule has 3 aliphatic rings.